The molecule has 1 atom stereocenters. The molecule has 0 N–H and O–H groups in total. The van der Waals surface area contributed by atoms with Gasteiger partial charge >= 0.3 is 0 Å². The van der Waals surface area contributed by atoms with E-state index in [1.165, 1.54) is 19.3 Å². The molecule has 0 aliphatic carbocycles. The van der Waals surface area contributed by atoms with E-state index >= 15 is 0 Å². The Bertz CT molecular complexity index is 634. The topological polar surface area (TPSA) is 20.3 Å². The molecule has 1 aliphatic rings. The van der Waals surface area contributed by atoms with Crippen molar-refractivity contribution in [2.45, 2.75) is 51.0 Å². The van der Waals surface area contributed by atoms with Crippen LogP contribution in [0.3, 0.4) is 0 Å². The summed E-state index contributed by atoms with van der Waals surface area (Å²) in [6.07, 6.45) is 4.71. The largest absolute Gasteiger partial charge is 0.301 e. The van der Waals surface area contributed by atoms with E-state index in [0.29, 0.717) is 6.04 Å². The Hall–Kier alpha value is -1.93. The Morgan fingerprint density at radius 3 is 1.84 bits per heavy atom. The van der Waals surface area contributed by atoms with E-state index in [9.17, 15) is 4.79 Å². The van der Waals surface area contributed by atoms with Gasteiger partial charge in [-0.05, 0) is 57.3 Å². The summed E-state index contributed by atoms with van der Waals surface area (Å²) in [5, 5.41) is 0. The molecule has 0 spiro atoms. The number of carbonyl (C=O) groups excluding carboxylic acids is 1. The number of benzene rings is 2. The first-order valence-electron chi connectivity index (χ1n) is 9.51. The fourth-order valence-electron chi connectivity index (χ4n) is 4.33. The normalized spacial score (nSPS) is 17.2. The molecule has 0 bridgehead atoms. The molecule has 0 radical (unpaired) electrons. The summed E-state index contributed by atoms with van der Waals surface area (Å²) >= 11 is 0. The van der Waals surface area contributed by atoms with E-state index < -0.39 is 5.41 Å². The molecule has 3 rings (SSSR count). The highest BCUT2D eigenvalue weighted by Gasteiger charge is 2.41. The van der Waals surface area contributed by atoms with Crippen LogP contribution in [0.2, 0.25) is 0 Å². The Morgan fingerprint density at radius 1 is 0.920 bits per heavy atom. The SMILES string of the molecule is CC(=O)C(CC(C)N1CCCCC1)(c1ccccc1)c1ccccc1. The zero-order chi connectivity index (χ0) is 17.7. The molecule has 1 heterocycles. The third-order valence-corrected chi connectivity index (χ3v) is 5.75. The van der Waals surface area contributed by atoms with Crippen molar-refractivity contribution in [2.75, 3.05) is 13.1 Å². The van der Waals surface area contributed by atoms with Crippen LogP contribution in [-0.4, -0.2) is 29.8 Å². The Morgan fingerprint density at radius 2 is 1.40 bits per heavy atom. The molecule has 2 heteroatoms. The fourth-order valence-corrected chi connectivity index (χ4v) is 4.33. The van der Waals surface area contributed by atoms with E-state index in [4.69, 9.17) is 0 Å². The predicted octanol–water partition coefficient (Wildman–Crippen LogP) is 4.83. The van der Waals surface area contributed by atoms with Crippen molar-refractivity contribution < 1.29 is 4.79 Å². The Balaban J connectivity index is 2.03. The molecule has 0 aromatic heterocycles. The number of nitrogens with zero attached hydrogens (tertiary/aromatic N) is 1. The molecule has 1 aliphatic heterocycles. The third kappa shape index (κ3) is 3.69. The van der Waals surface area contributed by atoms with Gasteiger partial charge in [-0.15, -0.1) is 0 Å². The van der Waals surface area contributed by atoms with E-state index in [-0.39, 0.29) is 5.78 Å². The lowest BCUT2D eigenvalue weighted by Gasteiger charge is -2.40. The molecule has 2 nitrogen and oxygen atoms in total. The summed E-state index contributed by atoms with van der Waals surface area (Å²) in [4.78, 5) is 15.6. The average Bonchev–Trinajstić information content (AvgIpc) is 2.67. The van der Waals surface area contributed by atoms with Crippen molar-refractivity contribution in [3.8, 4) is 0 Å². The molecule has 1 saturated heterocycles. The van der Waals surface area contributed by atoms with Gasteiger partial charge in [-0.3, -0.25) is 4.79 Å². The minimum absolute atomic E-state index is 0.230. The Kier molecular flexibility index (Phi) is 5.70. The first-order chi connectivity index (χ1) is 12.1. The molecular weight excluding hydrogens is 306 g/mol. The van der Waals surface area contributed by atoms with E-state index in [2.05, 4.69) is 36.1 Å². The van der Waals surface area contributed by atoms with Crippen LogP contribution in [0.1, 0.15) is 50.7 Å². The van der Waals surface area contributed by atoms with Crippen molar-refractivity contribution in [3.05, 3.63) is 71.8 Å². The molecule has 132 valence electrons. The molecule has 0 amide bonds. The molecule has 2 aromatic carbocycles. The summed E-state index contributed by atoms with van der Waals surface area (Å²) in [5.41, 5.74) is 1.65. The highest BCUT2D eigenvalue weighted by molar-refractivity contribution is 5.92. The van der Waals surface area contributed by atoms with E-state index in [1.807, 2.05) is 36.4 Å². The molecule has 0 saturated carbocycles. The van der Waals surface area contributed by atoms with Crippen LogP contribution in [-0.2, 0) is 10.2 Å². The van der Waals surface area contributed by atoms with Crippen molar-refractivity contribution in [1.82, 2.24) is 4.90 Å². The van der Waals surface area contributed by atoms with Gasteiger partial charge in [-0.2, -0.15) is 0 Å². The molecule has 2 aromatic rings. The van der Waals surface area contributed by atoms with Gasteiger partial charge in [0.2, 0.25) is 0 Å². The van der Waals surface area contributed by atoms with Gasteiger partial charge in [0.1, 0.15) is 5.78 Å². The lowest BCUT2D eigenvalue weighted by molar-refractivity contribution is -0.121. The summed E-state index contributed by atoms with van der Waals surface area (Å²) < 4.78 is 0. The minimum Gasteiger partial charge on any atom is -0.301 e. The number of likely N-dealkylation sites (tertiary alicyclic amines) is 1. The monoisotopic (exact) mass is 335 g/mol. The summed E-state index contributed by atoms with van der Waals surface area (Å²) in [6, 6.07) is 21.0. The fraction of sp³-hybridized carbons (Fsp3) is 0.435. The second kappa shape index (κ2) is 7.97. The average molecular weight is 335 g/mol. The van der Waals surface area contributed by atoms with Crippen LogP contribution < -0.4 is 0 Å². The predicted molar refractivity (Wildman–Crippen MR) is 104 cm³/mol. The van der Waals surface area contributed by atoms with Crippen molar-refractivity contribution in [1.29, 1.82) is 0 Å². The number of carbonyl (C=O) groups is 1. The van der Waals surface area contributed by atoms with E-state index in [0.717, 1.165) is 30.6 Å². The number of Topliss-reactive ketones (excluding diaryl/α,β-unsaturated/α-hetero) is 1. The van der Waals surface area contributed by atoms with Gasteiger partial charge in [0.15, 0.2) is 0 Å². The van der Waals surface area contributed by atoms with Crippen LogP contribution in [0.5, 0.6) is 0 Å². The zero-order valence-corrected chi connectivity index (χ0v) is 15.4. The van der Waals surface area contributed by atoms with Crippen molar-refractivity contribution >= 4 is 5.78 Å². The van der Waals surface area contributed by atoms with Gasteiger partial charge in [0.05, 0.1) is 5.41 Å². The van der Waals surface area contributed by atoms with Crippen LogP contribution in [0.15, 0.2) is 60.7 Å². The molecule has 1 unspecified atom stereocenters. The first-order valence-corrected chi connectivity index (χ1v) is 9.51. The lowest BCUT2D eigenvalue weighted by atomic mass is 9.67. The quantitative estimate of drug-likeness (QED) is 0.754. The minimum atomic E-state index is -0.570. The maximum atomic E-state index is 13.1. The molecular formula is C23H29NO. The number of rotatable bonds is 6. The first kappa shape index (κ1) is 17.9. The van der Waals surface area contributed by atoms with Crippen LogP contribution in [0, 0.1) is 0 Å². The van der Waals surface area contributed by atoms with Gasteiger partial charge in [0, 0.05) is 6.04 Å². The highest BCUT2D eigenvalue weighted by atomic mass is 16.1. The standard InChI is InChI=1S/C23H29NO/c1-19(24-16-10-5-11-17-24)18-23(20(2)25,21-12-6-3-7-13-21)22-14-8-4-9-15-22/h3-4,6-9,12-15,19H,5,10-11,16-18H2,1-2H3. The summed E-state index contributed by atoms with van der Waals surface area (Å²) in [5.74, 6) is 0.230. The van der Waals surface area contributed by atoms with Crippen LogP contribution in [0.25, 0.3) is 0 Å². The van der Waals surface area contributed by atoms with Crippen LogP contribution >= 0.6 is 0 Å². The second-order valence-corrected chi connectivity index (χ2v) is 7.34. The maximum absolute atomic E-state index is 13.1. The van der Waals surface area contributed by atoms with Crippen molar-refractivity contribution in [2.24, 2.45) is 0 Å². The number of hydrogen-bond donors (Lipinski definition) is 0. The maximum Gasteiger partial charge on any atom is 0.144 e. The smallest absolute Gasteiger partial charge is 0.144 e. The molecule has 25 heavy (non-hydrogen) atoms. The number of ketones is 1. The second-order valence-electron chi connectivity index (χ2n) is 7.34. The molecule has 1 fully saturated rings. The Labute approximate surface area is 151 Å². The van der Waals surface area contributed by atoms with Gasteiger partial charge in [-0.25, -0.2) is 0 Å². The number of hydrogen-bond acceptors (Lipinski definition) is 2. The van der Waals surface area contributed by atoms with Gasteiger partial charge < -0.3 is 4.90 Å². The number of piperidine rings is 1. The van der Waals surface area contributed by atoms with Crippen LogP contribution in [0.4, 0.5) is 0 Å². The highest BCUT2D eigenvalue weighted by Crippen LogP contribution is 2.39. The summed E-state index contributed by atoms with van der Waals surface area (Å²) in [6.45, 7) is 6.34. The van der Waals surface area contributed by atoms with Gasteiger partial charge in [-0.1, -0.05) is 67.1 Å². The third-order valence-electron chi connectivity index (χ3n) is 5.75. The van der Waals surface area contributed by atoms with Crippen molar-refractivity contribution in [3.63, 3.8) is 0 Å². The lowest BCUT2D eigenvalue weighted by Crippen LogP contribution is -2.45. The summed E-state index contributed by atoms with van der Waals surface area (Å²) in [7, 11) is 0. The zero-order valence-electron chi connectivity index (χ0n) is 15.4. The van der Waals surface area contributed by atoms with Gasteiger partial charge in [0.25, 0.3) is 0 Å². The van der Waals surface area contributed by atoms with E-state index in [1.54, 1.807) is 6.92 Å².